The van der Waals surface area contributed by atoms with Crippen molar-refractivity contribution in [3.05, 3.63) is 41.4 Å². The number of benzene rings is 1. The molecule has 4 aromatic rings. The number of hydrogen-bond acceptors (Lipinski definition) is 8. The largest absolute Gasteiger partial charge is 0.378 e. The highest BCUT2D eigenvalue weighted by Gasteiger charge is 2.20. The summed E-state index contributed by atoms with van der Waals surface area (Å²) in [4.78, 5) is 24.1. The fourth-order valence-corrected chi connectivity index (χ4v) is 4.50. The number of fused-ring (bicyclic) bond motifs is 2. The van der Waals surface area contributed by atoms with Gasteiger partial charge in [0.1, 0.15) is 0 Å². The number of rotatable bonds is 4. The summed E-state index contributed by atoms with van der Waals surface area (Å²) in [6, 6.07) is 7.83. The lowest BCUT2D eigenvalue weighted by Gasteiger charge is -2.28. The summed E-state index contributed by atoms with van der Waals surface area (Å²) < 4.78 is 6.45. The molecule has 10 heteroatoms. The molecule has 0 saturated carbocycles. The van der Waals surface area contributed by atoms with Crippen LogP contribution in [-0.2, 0) is 9.53 Å². The van der Waals surface area contributed by atoms with Crippen molar-refractivity contribution in [2.24, 2.45) is 0 Å². The van der Waals surface area contributed by atoms with Gasteiger partial charge in [-0.05, 0) is 18.2 Å². The van der Waals surface area contributed by atoms with Crippen LogP contribution in [0, 0.1) is 0 Å². The Morgan fingerprint density at radius 3 is 3.00 bits per heavy atom. The first kappa shape index (κ1) is 18.7. The van der Waals surface area contributed by atoms with E-state index in [0.717, 1.165) is 50.5 Å². The van der Waals surface area contributed by atoms with Crippen molar-refractivity contribution in [3.8, 4) is 11.4 Å². The summed E-state index contributed by atoms with van der Waals surface area (Å²) in [6.45, 7) is 2.79. The predicted molar refractivity (Wildman–Crippen MR) is 114 cm³/mol. The summed E-state index contributed by atoms with van der Waals surface area (Å²) in [6.07, 6.45) is 4.71. The Morgan fingerprint density at radius 2 is 2.17 bits per heavy atom. The van der Waals surface area contributed by atoms with Crippen LogP contribution < -0.4 is 10.4 Å². The number of H-pyrrole nitrogens is 1. The molecule has 0 aliphatic carbocycles. The summed E-state index contributed by atoms with van der Waals surface area (Å²) in [5, 5.41) is 16.8. The molecular weight excluding hydrogens is 404 g/mol. The molecule has 1 aliphatic rings. The maximum absolute atomic E-state index is 11.4. The molecule has 5 rings (SSSR count). The molecule has 1 aliphatic heterocycles. The third-order valence-corrected chi connectivity index (χ3v) is 6.00. The van der Waals surface area contributed by atoms with E-state index in [1.807, 2.05) is 24.3 Å². The average molecular weight is 422 g/mol. The number of hydroxylamine groups is 1. The van der Waals surface area contributed by atoms with Crippen molar-refractivity contribution in [2.75, 3.05) is 31.2 Å². The molecule has 1 saturated heterocycles. The molecule has 9 nitrogen and oxygen atoms in total. The number of nitrogens with zero attached hydrogens (tertiary/aromatic N) is 4. The maximum atomic E-state index is 11.4. The fourth-order valence-electron chi connectivity index (χ4n) is 3.48. The van der Waals surface area contributed by atoms with Gasteiger partial charge in [0, 0.05) is 35.0 Å². The normalized spacial score (nSPS) is 14.8. The summed E-state index contributed by atoms with van der Waals surface area (Å²) in [7, 11) is 0. The second-order valence-corrected chi connectivity index (χ2v) is 7.86. The first-order valence-corrected chi connectivity index (χ1v) is 10.2. The number of anilines is 1. The molecule has 0 bridgehead atoms. The van der Waals surface area contributed by atoms with Crippen LogP contribution in [0.15, 0.2) is 36.5 Å². The van der Waals surface area contributed by atoms with Crippen molar-refractivity contribution in [3.63, 3.8) is 0 Å². The lowest BCUT2D eigenvalue weighted by Crippen LogP contribution is -2.36. The second-order valence-electron chi connectivity index (χ2n) is 6.78. The van der Waals surface area contributed by atoms with Crippen LogP contribution >= 0.6 is 11.3 Å². The minimum atomic E-state index is -0.584. The first-order valence-electron chi connectivity index (χ1n) is 9.42. The number of ether oxygens (including phenoxy) is 1. The Hall–Kier alpha value is -3.34. The van der Waals surface area contributed by atoms with Crippen LogP contribution in [0.25, 0.3) is 38.6 Å². The van der Waals surface area contributed by atoms with Gasteiger partial charge in [-0.1, -0.05) is 12.1 Å². The molecule has 3 N–H and O–H groups in total. The van der Waals surface area contributed by atoms with Gasteiger partial charge in [0.25, 0.3) is 5.91 Å². The van der Waals surface area contributed by atoms with E-state index >= 15 is 0 Å². The Kier molecular flexibility index (Phi) is 4.87. The molecule has 4 heterocycles. The van der Waals surface area contributed by atoms with Gasteiger partial charge in [0.05, 0.1) is 35.1 Å². The Balaban J connectivity index is 1.67. The third kappa shape index (κ3) is 3.41. The van der Waals surface area contributed by atoms with E-state index in [1.165, 1.54) is 17.4 Å². The van der Waals surface area contributed by atoms with Crippen LogP contribution in [-0.4, -0.2) is 57.6 Å². The monoisotopic (exact) mass is 422 g/mol. The van der Waals surface area contributed by atoms with Gasteiger partial charge < -0.3 is 9.64 Å². The van der Waals surface area contributed by atoms with E-state index in [0.29, 0.717) is 19.0 Å². The highest BCUT2D eigenvalue weighted by molar-refractivity contribution is 7.20. The number of nitrogens with one attached hydrogen (secondary N) is 2. The van der Waals surface area contributed by atoms with Crippen LogP contribution in [0.2, 0.25) is 0 Å². The average Bonchev–Trinajstić information content (AvgIpc) is 3.43. The van der Waals surface area contributed by atoms with Crippen LogP contribution in [0.1, 0.15) is 4.88 Å². The quantitative estimate of drug-likeness (QED) is 0.263. The lowest BCUT2D eigenvalue weighted by atomic mass is 10.1. The van der Waals surface area contributed by atoms with E-state index in [-0.39, 0.29) is 0 Å². The number of thiophene rings is 1. The van der Waals surface area contributed by atoms with Gasteiger partial charge in [0.15, 0.2) is 11.6 Å². The van der Waals surface area contributed by atoms with Crippen LogP contribution in [0.3, 0.4) is 0 Å². The highest BCUT2D eigenvalue weighted by atomic mass is 32.1. The molecule has 3 aromatic heterocycles. The minimum absolute atomic E-state index is 0.584. The minimum Gasteiger partial charge on any atom is -0.378 e. The number of aromatic nitrogens is 4. The third-order valence-electron chi connectivity index (χ3n) is 4.92. The molecule has 1 fully saturated rings. The molecule has 1 aromatic carbocycles. The van der Waals surface area contributed by atoms with E-state index in [2.05, 4.69) is 15.1 Å². The van der Waals surface area contributed by atoms with Crippen LogP contribution in [0.5, 0.6) is 0 Å². The molecule has 30 heavy (non-hydrogen) atoms. The van der Waals surface area contributed by atoms with Crippen molar-refractivity contribution in [1.29, 1.82) is 0 Å². The summed E-state index contributed by atoms with van der Waals surface area (Å²) in [5.74, 6) is 0.895. The smallest absolute Gasteiger partial charge is 0.267 e. The molecule has 0 spiro atoms. The molecular formula is C20H18N6O3S. The highest BCUT2D eigenvalue weighted by Crippen LogP contribution is 2.36. The van der Waals surface area contributed by atoms with Gasteiger partial charge in [-0.2, -0.15) is 5.10 Å². The van der Waals surface area contributed by atoms with E-state index in [9.17, 15) is 4.79 Å². The molecule has 1 amide bonds. The van der Waals surface area contributed by atoms with Gasteiger partial charge in [-0.3, -0.25) is 15.1 Å². The van der Waals surface area contributed by atoms with Crippen molar-refractivity contribution < 1.29 is 14.7 Å². The lowest BCUT2D eigenvalue weighted by molar-refractivity contribution is -0.124. The number of amides is 1. The predicted octanol–water partition coefficient (Wildman–Crippen LogP) is 2.59. The molecule has 0 radical (unpaired) electrons. The van der Waals surface area contributed by atoms with Gasteiger partial charge in [-0.25, -0.2) is 15.4 Å². The Morgan fingerprint density at radius 1 is 1.30 bits per heavy atom. The number of hydrogen-bond donors (Lipinski definition) is 3. The second kappa shape index (κ2) is 7.82. The topological polar surface area (TPSA) is 116 Å². The van der Waals surface area contributed by atoms with E-state index in [1.54, 1.807) is 17.8 Å². The summed E-state index contributed by atoms with van der Waals surface area (Å²) >= 11 is 1.50. The zero-order valence-corrected chi connectivity index (χ0v) is 16.6. The van der Waals surface area contributed by atoms with E-state index < -0.39 is 5.91 Å². The summed E-state index contributed by atoms with van der Waals surface area (Å²) in [5.41, 5.74) is 4.23. The standard InChI is InChI=1S/C20H18N6O3S/c27-17(25-28)5-4-12-10-16-18(30-12)20(26-6-8-29-9-7-26)23-19(22-16)13-2-1-3-15-14(13)11-21-24-15/h1-5,10-11,28H,6-9H2,(H,21,24)(H,25,27). The zero-order chi connectivity index (χ0) is 20.5. The number of morpholine rings is 1. The van der Waals surface area contributed by atoms with Crippen molar-refractivity contribution in [2.45, 2.75) is 0 Å². The Labute approximate surface area is 175 Å². The van der Waals surface area contributed by atoms with Gasteiger partial charge in [0.2, 0.25) is 0 Å². The Bertz CT molecular complexity index is 1260. The van der Waals surface area contributed by atoms with Gasteiger partial charge in [-0.15, -0.1) is 11.3 Å². The SMILES string of the molecule is O=C(C=Cc1cc2nc(-c3cccc4[nH]ncc34)nc(N3CCOCC3)c2s1)NO. The van der Waals surface area contributed by atoms with Crippen LogP contribution in [0.4, 0.5) is 5.82 Å². The number of carbonyl (C=O) groups excluding carboxylic acids is 1. The molecule has 0 atom stereocenters. The first-order chi connectivity index (χ1) is 14.7. The molecule has 152 valence electrons. The van der Waals surface area contributed by atoms with Crippen molar-refractivity contribution >= 4 is 50.3 Å². The zero-order valence-electron chi connectivity index (χ0n) is 15.8. The maximum Gasteiger partial charge on any atom is 0.267 e. The van der Waals surface area contributed by atoms with E-state index in [4.69, 9.17) is 19.9 Å². The fraction of sp³-hybridized carbons (Fsp3) is 0.200. The van der Waals surface area contributed by atoms with Crippen molar-refractivity contribution in [1.82, 2.24) is 25.6 Å². The molecule has 0 unspecified atom stereocenters. The number of aromatic amines is 1. The number of carbonyl (C=O) groups is 1. The van der Waals surface area contributed by atoms with Gasteiger partial charge >= 0.3 is 0 Å².